The highest BCUT2D eigenvalue weighted by molar-refractivity contribution is 7.71. The summed E-state index contributed by atoms with van der Waals surface area (Å²) in [5, 5.41) is 7.23. The number of H-pyrrole nitrogens is 1. The van der Waals surface area contributed by atoms with Crippen molar-refractivity contribution in [3.8, 4) is 0 Å². The first-order valence-corrected chi connectivity index (χ1v) is 6.38. The number of aromatic amines is 1. The number of hydrogen-bond acceptors (Lipinski definition) is 3. The highest BCUT2D eigenvalue weighted by Gasteiger charge is 2.28. The summed E-state index contributed by atoms with van der Waals surface area (Å²) in [6.45, 7) is 5.52. The molecule has 1 fully saturated rings. The number of nitrogens with one attached hydrogen (secondary N) is 1. The Morgan fingerprint density at radius 3 is 2.81 bits per heavy atom. The molecule has 1 aromatic rings. The van der Waals surface area contributed by atoms with Crippen molar-refractivity contribution in [2.75, 3.05) is 18.5 Å². The second-order valence-electron chi connectivity index (χ2n) is 5.03. The van der Waals surface area contributed by atoms with Gasteiger partial charge >= 0.3 is 0 Å². The molecule has 0 radical (unpaired) electrons. The average molecular weight is 240 g/mol. The van der Waals surface area contributed by atoms with Gasteiger partial charge in [-0.2, -0.15) is 0 Å². The van der Waals surface area contributed by atoms with Crippen molar-refractivity contribution in [1.82, 2.24) is 14.8 Å². The molecular formula is C11H20N4S. The maximum absolute atomic E-state index is 5.26. The summed E-state index contributed by atoms with van der Waals surface area (Å²) < 4.78 is 2.92. The van der Waals surface area contributed by atoms with Gasteiger partial charge in [-0.25, -0.2) is 5.10 Å². The molecule has 1 heterocycles. The Morgan fingerprint density at radius 1 is 1.56 bits per heavy atom. The smallest absolute Gasteiger partial charge is 0.225 e. The minimum Gasteiger partial charge on any atom is -0.344 e. The summed E-state index contributed by atoms with van der Waals surface area (Å²) in [7, 11) is 2.09. The molecule has 1 aliphatic carbocycles. The highest BCUT2D eigenvalue weighted by Crippen LogP contribution is 2.37. The molecule has 1 aromatic heterocycles. The Balaban J connectivity index is 2.10. The molecular weight excluding hydrogens is 220 g/mol. The zero-order valence-corrected chi connectivity index (χ0v) is 11.0. The molecule has 4 nitrogen and oxygen atoms in total. The first-order valence-electron chi connectivity index (χ1n) is 5.97. The number of rotatable bonds is 5. The lowest BCUT2D eigenvalue weighted by Gasteiger charge is -2.19. The van der Waals surface area contributed by atoms with Gasteiger partial charge in [0.2, 0.25) is 5.95 Å². The van der Waals surface area contributed by atoms with E-state index in [2.05, 4.69) is 40.6 Å². The Bertz CT molecular complexity index is 402. The van der Waals surface area contributed by atoms with Crippen molar-refractivity contribution < 1.29 is 0 Å². The minimum atomic E-state index is 0.586. The molecule has 0 aromatic carbocycles. The van der Waals surface area contributed by atoms with Crippen LogP contribution >= 0.6 is 12.2 Å². The van der Waals surface area contributed by atoms with E-state index in [0.29, 0.717) is 6.04 Å². The molecule has 1 N–H and O–H groups in total. The predicted molar refractivity (Wildman–Crippen MR) is 68.4 cm³/mol. The number of anilines is 1. The zero-order chi connectivity index (χ0) is 11.7. The molecule has 0 aliphatic heterocycles. The van der Waals surface area contributed by atoms with Crippen LogP contribution in [-0.2, 0) is 0 Å². The van der Waals surface area contributed by atoms with Crippen molar-refractivity contribution in [1.29, 1.82) is 0 Å². The number of hydrogen-bond donors (Lipinski definition) is 1. The Hall–Kier alpha value is -0.840. The summed E-state index contributed by atoms with van der Waals surface area (Å²) in [5.41, 5.74) is 0. The van der Waals surface area contributed by atoms with E-state index in [0.717, 1.165) is 23.2 Å². The van der Waals surface area contributed by atoms with Gasteiger partial charge in [0.15, 0.2) is 4.77 Å². The normalized spacial score (nSPS) is 15.8. The molecule has 2 rings (SSSR count). The number of nitrogens with zero attached hydrogens (tertiary/aromatic N) is 3. The third-order valence-electron chi connectivity index (χ3n) is 2.98. The predicted octanol–water partition coefficient (Wildman–Crippen LogP) is 2.76. The van der Waals surface area contributed by atoms with Gasteiger partial charge < -0.3 is 4.90 Å². The van der Waals surface area contributed by atoms with Crippen LogP contribution in [0.1, 0.15) is 39.2 Å². The fourth-order valence-electron chi connectivity index (χ4n) is 1.78. The van der Waals surface area contributed by atoms with Gasteiger partial charge in [0.05, 0.1) is 0 Å². The van der Waals surface area contributed by atoms with E-state index in [9.17, 15) is 0 Å². The van der Waals surface area contributed by atoms with Crippen LogP contribution in [0.4, 0.5) is 5.95 Å². The van der Waals surface area contributed by atoms with E-state index in [1.54, 1.807) is 0 Å². The van der Waals surface area contributed by atoms with E-state index < -0.39 is 0 Å². The maximum Gasteiger partial charge on any atom is 0.225 e. The molecule has 1 saturated carbocycles. The van der Waals surface area contributed by atoms with Crippen LogP contribution in [0.15, 0.2) is 0 Å². The van der Waals surface area contributed by atoms with E-state index in [4.69, 9.17) is 12.2 Å². The van der Waals surface area contributed by atoms with Crippen molar-refractivity contribution in [3.05, 3.63) is 4.77 Å². The third kappa shape index (κ3) is 2.45. The molecule has 0 spiro atoms. The summed E-state index contributed by atoms with van der Waals surface area (Å²) in [6.07, 6.45) is 3.65. The Kier molecular flexibility index (Phi) is 3.33. The second-order valence-corrected chi connectivity index (χ2v) is 5.42. The van der Waals surface area contributed by atoms with Crippen molar-refractivity contribution in [2.24, 2.45) is 5.92 Å². The molecule has 0 atom stereocenters. The quantitative estimate of drug-likeness (QED) is 0.804. The molecule has 16 heavy (non-hydrogen) atoms. The summed E-state index contributed by atoms with van der Waals surface area (Å²) >= 11 is 5.26. The SMILES string of the molecule is CC(C)CCN(C)c1n[nH]c(=S)n1C1CC1. The minimum absolute atomic E-state index is 0.586. The first-order chi connectivity index (χ1) is 7.59. The summed E-state index contributed by atoms with van der Waals surface area (Å²) in [4.78, 5) is 2.20. The van der Waals surface area contributed by atoms with Gasteiger partial charge in [-0.05, 0) is 37.4 Å². The van der Waals surface area contributed by atoms with E-state index in [-0.39, 0.29) is 0 Å². The van der Waals surface area contributed by atoms with Crippen molar-refractivity contribution in [2.45, 2.75) is 39.2 Å². The van der Waals surface area contributed by atoms with Crippen LogP contribution in [0.25, 0.3) is 0 Å². The molecule has 0 saturated heterocycles. The summed E-state index contributed by atoms with van der Waals surface area (Å²) in [6, 6.07) is 0.586. The molecule has 0 unspecified atom stereocenters. The zero-order valence-electron chi connectivity index (χ0n) is 10.2. The Morgan fingerprint density at radius 2 is 2.25 bits per heavy atom. The molecule has 0 bridgehead atoms. The van der Waals surface area contributed by atoms with Crippen molar-refractivity contribution in [3.63, 3.8) is 0 Å². The fraction of sp³-hybridized carbons (Fsp3) is 0.818. The number of aromatic nitrogens is 3. The molecule has 90 valence electrons. The van der Waals surface area contributed by atoms with Gasteiger partial charge in [0, 0.05) is 19.6 Å². The lowest BCUT2D eigenvalue weighted by atomic mass is 10.1. The van der Waals surface area contributed by atoms with Gasteiger partial charge in [-0.1, -0.05) is 13.8 Å². The molecule has 0 amide bonds. The van der Waals surface area contributed by atoms with E-state index in [1.807, 2.05) is 0 Å². The van der Waals surface area contributed by atoms with Crippen LogP contribution in [0.3, 0.4) is 0 Å². The standard InChI is InChI=1S/C11H20N4S/c1-8(2)6-7-14(3)10-12-13-11(16)15(10)9-4-5-9/h8-9H,4-7H2,1-3H3,(H,13,16). The second kappa shape index (κ2) is 4.57. The van der Waals surface area contributed by atoms with Gasteiger partial charge in [-0.15, -0.1) is 5.10 Å². The maximum atomic E-state index is 5.26. The van der Waals surface area contributed by atoms with Crippen LogP contribution in [0.5, 0.6) is 0 Å². The molecule has 5 heteroatoms. The third-order valence-corrected chi connectivity index (χ3v) is 3.27. The van der Waals surface area contributed by atoms with E-state index in [1.165, 1.54) is 19.3 Å². The highest BCUT2D eigenvalue weighted by atomic mass is 32.1. The molecule has 1 aliphatic rings. The summed E-state index contributed by atoms with van der Waals surface area (Å²) in [5.74, 6) is 1.71. The topological polar surface area (TPSA) is 36.9 Å². The average Bonchev–Trinajstić information content (AvgIpc) is 2.99. The lowest BCUT2D eigenvalue weighted by molar-refractivity contribution is 0.575. The van der Waals surface area contributed by atoms with Gasteiger partial charge in [0.25, 0.3) is 0 Å². The largest absolute Gasteiger partial charge is 0.344 e. The lowest BCUT2D eigenvalue weighted by Crippen LogP contribution is -2.23. The monoisotopic (exact) mass is 240 g/mol. The van der Waals surface area contributed by atoms with Crippen LogP contribution in [-0.4, -0.2) is 28.4 Å². The van der Waals surface area contributed by atoms with Crippen molar-refractivity contribution >= 4 is 18.2 Å². The van der Waals surface area contributed by atoms with Gasteiger partial charge in [-0.3, -0.25) is 4.57 Å². The van der Waals surface area contributed by atoms with Crippen LogP contribution in [0, 0.1) is 10.7 Å². The van der Waals surface area contributed by atoms with Gasteiger partial charge in [0.1, 0.15) is 0 Å². The van der Waals surface area contributed by atoms with Crippen LogP contribution in [0.2, 0.25) is 0 Å². The first kappa shape index (κ1) is 11.6. The Labute approximate surface area is 102 Å². The fourth-order valence-corrected chi connectivity index (χ4v) is 2.06. The van der Waals surface area contributed by atoms with Crippen LogP contribution < -0.4 is 4.90 Å². The van der Waals surface area contributed by atoms with E-state index >= 15 is 0 Å².